The van der Waals surface area contributed by atoms with Gasteiger partial charge in [0, 0.05) is 25.4 Å². The van der Waals surface area contributed by atoms with Crippen molar-refractivity contribution in [3.8, 4) is 0 Å². The van der Waals surface area contributed by atoms with E-state index in [0.717, 1.165) is 44.2 Å². The second-order valence-electron chi connectivity index (χ2n) is 11.2. The SMILES string of the molecule is CN1Cc2c(ccc3cc(C(C)(O)c4cn(C(c5ccccc5)(c5ccccc5)c5ccccc5)cn4)ccc23)C1=O. The van der Waals surface area contributed by atoms with Crippen LogP contribution in [-0.2, 0) is 17.7 Å². The van der Waals surface area contributed by atoms with E-state index in [2.05, 4.69) is 77.4 Å². The van der Waals surface area contributed by atoms with Gasteiger partial charge in [-0.1, -0.05) is 109 Å². The second kappa shape index (κ2) is 9.82. The zero-order chi connectivity index (χ0) is 28.9. The zero-order valence-electron chi connectivity index (χ0n) is 23.6. The summed E-state index contributed by atoms with van der Waals surface area (Å²) in [4.78, 5) is 19.1. The van der Waals surface area contributed by atoms with Gasteiger partial charge >= 0.3 is 0 Å². The molecule has 5 nitrogen and oxygen atoms in total. The Balaban J connectivity index is 1.38. The monoisotopic (exact) mass is 549 g/mol. The third kappa shape index (κ3) is 3.89. The average molecular weight is 550 g/mol. The first-order valence-corrected chi connectivity index (χ1v) is 14.2. The molecule has 7 rings (SSSR count). The van der Waals surface area contributed by atoms with E-state index in [4.69, 9.17) is 4.98 Å². The number of benzene rings is 5. The number of nitrogens with zero attached hydrogens (tertiary/aromatic N) is 3. The Morgan fingerprint density at radius 2 is 1.31 bits per heavy atom. The van der Waals surface area contributed by atoms with Gasteiger partial charge in [-0.3, -0.25) is 4.79 Å². The van der Waals surface area contributed by atoms with Gasteiger partial charge in [-0.15, -0.1) is 0 Å². The predicted molar refractivity (Wildman–Crippen MR) is 165 cm³/mol. The molecular weight excluding hydrogens is 518 g/mol. The predicted octanol–water partition coefficient (Wildman–Crippen LogP) is 6.72. The Labute approximate surface area is 245 Å². The fourth-order valence-corrected chi connectivity index (χ4v) is 6.47. The molecule has 1 unspecified atom stereocenters. The molecule has 0 fully saturated rings. The highest BCUT2D eigenvalue weighted by Crippen LogP contribution is 2.42. The summed E-state index contributed by atoms with van der Waals surface area (Å²) in [6.07, 6.45) is 3.79. The van der Waals surface area contributed by atoms with Crippen LogP contribution < -0.4 is 0 Å². The molecule has 1 aromatic heterocycles. The van der Waals surface area contributed by atoms with E-state index in [1.807, 2.05) is 68.1 Å². The molecule has 5 heteroatoms. The minimum atomic E-state index is -1.36. The third-order valence-corrected chi connectivity index (χ3v) is 8.71. The van der Waals surface area contributed by atoms with E-state index >= 15 is 0 Å². The van der Waals surface area contributed by atoms with Crippen LogP contribution in [0, 0.1) is 0 Å². The number of amides is 1. The maximum atomic E-state index is 12.5. The minimum absolute atomic E-state index is 0.0484. The van der Waals surface area contributed by atoms with Crippen molar-refractivity contribution in [1.82, 2.24) is 14.5 Å². The highest BCUT2D eigenvalue weighted by molar-refractivity contribution is 6.04. The molecule has 1 amide bonds. The van der Waals surface area contributed by atoms with Crippen molar-refractivity contribution >= 4 is 16.7 Å². The van der Waals surface area contributed by atoms with Gasteiger partial charge in [0.15, 0.2) is 0 Å². The largest absolute Gasteiger partial charge is 0.379 e. The molecule has 0 radical (unpaired) electrons. The molecule has 1 aliphatic heterocycles. The number of hydrogen-bond donors (Lipinski definition) is 1. The number of aliphatic hydroxyl groups is 1. The molecule has 1 N–H and O–H groups in total. The van der Waals surface area contributed by atoms with Crippen LogP contribution in [0.4, 0.5) is 0 Å². The van der Waals surface area contributed by atoms with Gasteiger partial charge in [0.05, 0.1) is 12.0 Å². The molecular formula is C37H31N3O2. The molecule has 42 heavy (non-hydrogen) atoms. The summed E-state index contributed by atoms with van der Waals surface area (Å²) in [5.74, 6) is 0.0484. The van der Waals surface area contributed by atoms with Crippen molar-refractivity contribution < 1.29 is 9.90 Å². The fraction of sp³-hybridized carbons (Fsp3) is 0.135. The van der Waals surface area contributed by atoms with Crippen molar-refractivity contribution in [2.75, 3.05) is 7.05 Å². The molecule has 0 aliphatic carbocycles. The quantitative estimate of drug-likeness (QED) is 0.235. The van der Waals surface area contributed by atoms with Gasteiger partial charge in [0.2, 0.25) is 0 Å². The maximum Gasteiger partial charge on any atom is 0.254 e. The molecule has 5 aromatic carbocycles. The minimum Gasteiger partial charge on any atom is -0.379 e. The van der Waals surface area contributed by atoms with E-state index in [0.29, 0.717) is 12.2 Å². The van der Waals surface area contributed by atoms with E-state index in [1.54, 1.807) is 11.8 Å². The van der Waals surface area contributed by atoms with Crippen LogP contribution in [0.1, 0.15) is 50.8 Å². The van der Waals surface area contributed by atoms with Gasteiger partial charge in [-0.2, -0.15) is 0 Å². The number of hydrogen-bond acceptors (Lipinski definition) is 3. The molecule has 1 aliphatic rings. The smallest absolute Gasteiger partial charge is 0.254 e. The lowest BCUT2D eigenvalue weighted by Gasteiger charge is -2.37. The first-order chi connectivity index (χ1) is 20.4. The number of carbonyl (C=O) groups is 1. The first kappa shape index (κ1) is 25.9. The van der Waals surface area contributed by atoms with Crippen LogP contribution in [0.25, 0.3) is 10.8 Å². The van der Waals surface area contributed by atoms with Crippen molar-refractivity contribution in [2.45, 2.75) is 24.6 Å². The Morgan fingerprint density at radius 3 is 1.88 bits per heavy atom. The second-order valence-corrected chi connectivity index (χ2v) is 11.2. The lowest BCUT2D eigenvalue weighted by molar-refractivity contribution is 0.0816. The maximum absolute atomic E-state index is 12.5. The average Bonchev–Trinajstić information content (AvgIpc) is 3.65. The Morgan fingerprint density at radius 1 is 0.738 bits per heavy atom. The molecule has 0 saturated carbocycles. The summed E-state index contributed by atoms with van der Waals surface area (Å²) < 4.78 is 2.12. The van der Waals surface area contributed by atoms with Crippen LogP contribution in [0.3, 0.4) is 0 Å². The number of fused-ring (bicyclic) bond motifs is 3. The summed E-state index contributed by atoms with van der Waals surface area (Å²) in [6, 6.07) is 41.1. The Kier molecular flexibility index (Phi) is 6.07. The highest BCUT2D eigenvalue weighted by Gasteiger charge is 2.40. The van der Waals surface area contributed by atoms with E-state index < -0.39 is 11.1 Å². The zero-order valence-corrected chi connectivity index (χ0v) is 23.6. The van der Waals surface area contributed by atoms with Crippen LogP contribution in [0.15, 0.2) is 134 Å². The summed E-state index contributed by atoms with van der Waals surface area (Å²) in [5.41, 5.74) is 4.26. The Hall–Kier alpha value is -5.00. The topological polar surface area (TPSA) is 58.4 Å². The lowest BCUT2D eigenvalue weighted by Crippen LogP contribution is -2.37. The summed E-state index contributed by atoms with van der Waals surface area (Å²) in [5, 5.41) is 14.1. The summed E-state index contributed by atoms with van der Waals surface area (Å²) >= 11 is 0. The molecule has 0 bridgehead atoms. The first-order valence-electron chi connectivity index (χ1n) is 14.2. The molecule has 206 valence electrons. The van der Waals surface area contributed by atoms with Crippen molar-refractivity contribution in [1.29, 1.82) is 0 Å². The number of rotatable bonds is 6. The van der Waals surface area contributed by atoms with E-state index in [9.17, 15) is 9.90 Å². The summed E-state index contributed by atoms with van der Waals surface area (Å²) in [7, 11) is 1.82. The van der Waals surface area contributed by atoms with Gasteiger partial charge in [0.25, 0.3) is 5.91 Å². The van der Waals surface area contributed by atoms with Crippen molar-refractivity contribution in [3.63, 3.8) is 0 Å². The normalized spacial score (nSPS) is 14.6. The van der Waals surface area contributed by atoms with E-state index in [-0.39, 0.29) is 5.91 Å². The standard InChI is InChI=1S/C37H31N3O2/c1-36(42,30-19-21-31-26(22-30)18-20-32-33(31)23-39(2)35(32)41)34-24-40(25-38-34)37(27-12-6-3-7-13-27,28-14-8-4-9-15-28)29-16-10-5-11-17-29/h3-22,24-25,42H,23H2,1-2H3. The lowest BCUT2D eigenvalue weighted by atomic mass is 9.76. The van der Waals surface area contributed by atoms with Crippen molar-refractivity contribution in [2.24, 2.45) is 0 Å². The molecule has 6 aromatic rings. The van der Waals surface area contributed by atoms with Gasteiger partial charge in [-0.25, -0.2) is 4.98 Å². The molecule has 0 spiro atoms. The number of aromatic nitrogens is 2. The van der Waals surface area contributed by atoms with Crippen LogP contribution in [-0.4, -0.2) is 32.5 Å². The van der Waals surface area contributed by atoms with Crippen LogP contribution >= 0.6 is 0 Å². The number of imidazole rings is 1. The fourth-order valence-electron chi connectivity index (χ4n) is 6.47. The van der Waals surface area contributed by atoms with Crippen molar-refractivity contribution in [3.05, 3.63) is 173 Å². The van der Waals surface area contributed by atoms with Crippen LogP contribution in [0.5, 0.6) is 0 Å². The van der Waals surface area contributed by atoms with Gasteiger partial charge in [-0.05, 0) is 57.6 Å². The van der Waals surface area contributed by atoms with Gasteiger partial charge < -0.3 is 14.6 Å². The molecule has 0 saturated heterocycles. The number of carbonyl (C=O) groups excluding carboxylic acids is 1. The highest BCUT2D eigenvalue weighted by atomic mass is 16.3. The third-order valence-electron chi connectivity index (χ3n) is 8.71. The molecule has 1 atom stereocenters. The van der Waals surface area contributed by atoms with Gasteiger partial charge in [0.1, 0.15) is 11.1 Å². The summed E-state index contributed by atoms with van der Waals surface area (Å²) in [6.45, 7) is 2.38. The van der Waals surface area contributed by atoms with Crippen LogP contribution in [0.2, 0.25) is 0 Å². The molecule has 2 heterocycles. The Bertz CT molecular complexity index is 1810. The van der Waals surface area contributed by atoms with E-state index in [1.165, 1.54) is 0 Å².